The van der Waals surface area contributed by atoms with Crippen molar-refractivity contribution < 1.29 is 14.0 Å². The van der Waals surface area contributed by atoms with Crippen LogP contribution in [-0.2, 0) is 16.1 Å². The molecule has 2 heterocycles. The van der Waals surface area contributed by atoms with E-state index in [1.54, 1.807) is 0 Å². The minimum atomic E-state index is -0.490. The molecule has 0 spiro atoms. The summed E-state index contributed by atoms with van der Waals surface area (Å²) in [6.07, 6.45) is 1.53. The molecular formula is C18H19N3O3S. The van der Waals surface area contributed by atoms with E-state index >= 15 is 0 Å². The second-order valence-electron chi connectivity index (χ2n) is 6.73. The maximum atomic E-state index is 12.2. The Bertz CT molecular complexity index is 822. The number of carbonyl (C=O) groups excluding carboxylic acids is 2. The lowest BCUT2D eigenvalue weighted by molar-refractivity contribution is -0.126. The average Bonchev–Trinajstić information content (AvgIpc) is 3.17. The number of allylic oxidation sites excluding steroid dienone is 1. The normalized spacial score (nSPS) is 16.7. The van der Waals surface area contributed by atoms with Gasteiger partial charge in [0.2, 0.25) is 17.7 Å². The fourth-order valence-corrected chi connectivity index (χ4v) is 3.12. The molecule has 1 aliphatic heterocycles. The second kappa shape index (κ2) is 6.84. The van der Waals surface area contributed by atoms with Gasteiger partial charge in [0.15, 0.2) is 5.78 Å². The summed E-state index contributed by atoms with van der Waals surface area (Å²) >= 11 is 1.35. The molecule has 1 aromatic carbocycles. The van der Waals surface area contributed by atoms with Crippen molar-refractivity contribution in [1.29, 1.82) is 0 Å². The summed E-state index contributed by atoms with van der Waals surface area (Å²) < 4.78 is 5.66. The van der Waals surface area contributed by atoms with Crippen LogP contribution >= 0.6 is 11.8 Å². The van der Waals surface area contributed by atoms with Crippen molar-refractivity contribution in [3.05, 3.63) is 47.3 Å². The summed E-state index contributed by atoms with van der Waals surface area (Å²) in [4.78, 5) is 25.9. The van der Waals surface area contributed by atoms with E-state index in [1.165, 1.54) is 22.7 Å². The summed E-state index contributed by atoms with van der Waals surface area (Å²) in [7, 11) is 0. The van der Waals surface area contributed by atoms with Crippen LogP contribution in [0.5, 0.6) is 0 Å². The highest BCUT2D eigenvalue weighted by molar-refractivity contribution is 8.04. The summed E-state index contributed by atoms with van der Waals surface area (Å²) in [5.41, 5.74) is 0.331. The number of ketones is 1. The number of benzene rings is 1. The molecule has 25 heavy (non-hydrogen) atoms. The van der Waals surface area contributed by atoms with Gasteiger partial charge in [0.1, 0.15) is 6.54 Å². The lowest BCUT2D eigenvalue weighted by atomic mass is 9.91. The van der Waals surface area contributed by atoms with E-state index < -0.39 is 5.41 Å². The number of hydrogen-bond acceptors (Lipinski definition) is 6. The van der Waals surface area contributed by atoms with Crippen molar-refractivity contribution in [1.82, 2.24) is 15.1 Å². The van der Waals surface area contributed by atoms with Gasteiger partial charge >= 0.3 is 0 Å². The molecule has 3 rings (SSSR count). The molecule has 0 bridgehead atoms. The molecule has 0 atom stereocenters. The molecular weight excluding hydrogens is 338 g/mol. The van der Waals surface area contributed by atoms with Gasteiger partial charge < -0.3 is 4.42 Å². The second-order valence-corrected chi connectivity index (χ2v) is 7.73. The van der Waals surface area contributed by atoms with Gasteiger partial charge in [0.25, 0.3) is 0 Å². The highest BCUT2D eigenvalue weighted by Crippen LogP contribution is 2.32. The van der Waals surface area contributed by atoms with Crippen molar-refractivity contribution in [3.63, 3.8) is 0 Å². The number of hydrogen-bond donors (Lipinski definition) is 0. The molecule has 130 valence electrons. The van der Waals surface area contributed by atoms with Gasteiger partial charge in [-0.25, -0.2) is 0 Å². The highest BCUT2D eigenvalue weighted by Gasteiger charge is 2.30. The zero-order chi connectivity index (χ0) is 18.0. The number of carbonyl (C=O) groups is 2. The fraction of sp³-hybridized carbons (Fsp3) is 0.333. The van der Waals surface area contributed by atoms with Crippen LogP contribution in [0.25, 0.3) is 11.5 Å². The molecule has 0 aliphatic carbocycles. The molecule has 1 aliphatic rings. The van der Waals surface area contributed by atoms with E-state index in [1.807, 2.05) is 51.1 Å². The van der Waals surface area contributed by atoms with Gasteiger partial charge in [0.05, 0.1) is 10.8 Å². The van der Waals surface area contributed by atoms with Crippen LogP contribution in [-0.4, -0.2) is 32.5 Å². The molecule has 1 aromatic heterocycles. The Labute approximate surface area is 150 Å². The quantitative estimate of drug-likeness (QED) is 0.782. The number of amides is 1. The Hall–Kier alpha value is -2.41. The van der Waals surface area contributed by atoms with Crippen molar-refractivity contribution in [2.24, 2.45) is 5.41 Å². The third kappa shape index (κ3) is 3.99. The van der Waals surface area contributed by atoms with Crippen molar-refractivity contribution in [3.8, 4) is 11.5 Å². The Morgan fingerprint density at radius 1 is 1.28 bits per heavy atom. The van der Waals surface area contributed by atoms with Gasteiger partial charge in [-0.15, -0.1) is 10.2 Å². The van der Waals surface area contributed by atoms with Gasteiger partial charge in [-0.2, -0.15) is 0 Å². The Balaban J connectivity index is 1.79. The Morgan fingerprint density at radius 3 is 2.68 bits per heavy atom. The third-order valence-corrected chi connectivity index (χ3v) is 4.71. The lowest BCUT2D eigenvalue weighted by Crippen LogP contribution is -2.26. The van der Waals surface area contributed by atoms with E-state index in [0.29, 0.717) is 22.6 Å². The van der Waals surface area contributed by atoms with Gasteiger partial charge in [-0.1, -0.05) is 50.7 Å². The summed E-state index contributed by atoms with van der Waals surface area (Å²) in [5, 5.41) is 8.68. The van der Waals surface area contributed by atoms with E-state index in [0.717, 1.165) is 5.56 Å². The molecule has 6 nitrogen and oxygen atoms in total. The SMILES string of the molecule is CC(C)(C)C(=O)/C=C1/SCC(=O)N1Cc1nnc(-c2ccccc2)o1. The first-order chi connectivity index (χ1) is 11.8. The van der Waals surface area contributed by atoms with Crippen LogP contribution in [0.3, 0.4) is 0 Å². The monoisotopic (exact) mass is 357 g/mol. The topological polar surface area (TPSA) is 76.3 Å². The van der Waals surface area contributed by atoms with E-state index in [4.69, 9.17) is 4.42 Å². The minimum absolute atomic E-state index is 0.0230. The summed E-state index contributed by atoms with van der Waals surface area (Å²) in [6, 6.07) is 9.44. The standard InChI is InChI=1S/C18H19N3O3S/c1-18(2,3)13(22)9-16-21(15(23)11-25-16)10-14-19-20-17(24-14)12-7-5-4-6-8-12/h4-9H,10-11H2,1-3H3/b16-9+. The van der Waals surface area contributed by atoms with Gasteiger partial charge in [-0.05, 0) is 12.1 Å². The molecule has 0 radical (unpaired) electrons. The fourth-order valence-electron chi connectivity index (χ4n) is 2.18. The maximum absolute atomic E-state index is 12.2. The van der Waals surface area contributed by atoms with E-state index in [-0.39, 0.29) is 18.2 Å². The number of thioether (sulfide) groups is 1. The van der Waals surface area contributed by atoms with Gasteiger partial charge in [0, 0.05) is 17.1 Å². The molecule has 0 N–H and O–H groups in total. The smallest absolute Gasteiger partial charge is 0.247 e. The zero-order valence-corrected chi connectivity index (χ0v) is 15.2. The molecule has 0 saturated carbocycles. The highest BCUT2D eigenvalue weighted by atomic mass is 32.2. The first-order valence-corrected chi connectivity index (χ1v) is 8.90. The third-order valence-electron chi connectivity index (χ3n) is 3.69. The van der Waals surface area contributed by atoms with Crippen LogP contribution < -0.4 is 0 Å². The van der Waals surface area contributed by atoms with Crippen LogP contribution in [0.15, 0.2) is 45.9 Å². The van der Waals surface area contributed by atoms with Gasteiger partial charge in [-0.3, -0.25) is 14.5 Å². The predicted octanol–water partition coefficient (Wildman–Crippen LogP) is 3.27. The molecule has 2 aromatic rings. The maximum Gasteiger partial charge on any atom is 0.247 e. The number of nitrogens with zero attached hydrogens (tertiary/aromatic N) is 3. The van der Waals surface area contributed by atoms with E-state index in [9.17, 15) is 9.59 Å². The molecule has 1 fully saturated rings. The molecule has 1 saturated heterocycles. The number of aromatic nitrogens is 2. The van der Waals surface area contributed by atoms with Crippen LogP contribution in [0, 0.1) is 5.41 Å². The lowest BCUT2D eigenvalue weighted by Gasteiger charge is -2.17. The molecule has 1 amide bonds. The predicted molar refractivity (Wildman–Crippen MR) is 95.3 cm³/mol. The number of rotatable bonds is 4. The Morgan fingerprint density at radius 2 is 2.00 bits per heavy atom. The van der Waals surface area contributed by atoms with E-state index in [2.05, 4.69) is 10.2 Å². The average molecular weight is 357 g/mol. The first kappa shape index (κ1) is 17.4. The van der Waals surface area contributed by atoms with Crippen molar-refractivity contribution in [2.75, 3.05) is 5.75 Å². The summed E-state index contributed by atoms with van der Waals surface area (Å²) in [5.74, 6) is 0.959. The summed E-state index contributed by atoms with van der Waals surface area (Å²) in [6.45, 7) is 5.71. The van der Waals surface area contributed by atoms with Crippen LogP contribution in [0.1, 0.15) is 26.7 Å². The van der Waals surface area contributed by atoms with Crippen LogP contribution in [0.4, 0.5) is 0 Å². The first-order valence-electron chi connectivity index (χ1n) is 7.92. The zero-order valence-electron chi connectivity index (χ0n) is 14.4. The van der Waals surface area contributed by atoms with Crippen molar-refractivity contribution in [2.45, 2.75) is 27.3 Å². The molecule has 7 heteroatoms. The largest absolute Gasteiger partial charge is 0.419 e. The molecule has 0 unspecified atom stereocenters. The van der Waals surface area contributed by atoms with Crippen molar-refractivity contribution >= 4 is 23.5 Å². The minimum Gasteiger partial charge on any atom is -0.419 e. The van der Waals surface area contributed by atoms with Crippen LogP contribution in [0.2, 0.25) is 0 Å². The Kier molecular flexibility index (Phi) is 4.76.